The van der Waals surface area contributed by atoms with Gasteiger partial charge < -0.3 is 16.0 Å². The van der Waals surface area contributed by atoms with Crippen molar-refractivity contribution in [3.8, 4) is 0 Å². The van der Waals surface area contributed by atoms with E-state index in [-0.39, 0.29) is 5.91 Å². The Hall–Kier alpha value is -3.53. The minimum Gasteiger partial charge on any atom is -0.385 e. The molecule has 0 saturated heterocycles. The third kappa shape index (κ3) is 2.93. The van der Waals surface area contributed by atoms with Crippen LogP contribution in [0.5, 0.6) is 0 Å². The lowest BCUT2D eigenvalue weighted by Gasteiger charge is -2.20. The van der Waals surface area contributed by atoms with Gasteiger partial charge in [0.1, 0.15) is 0 Å². The van der Waals surface area contributed by atoms with Gasteiger partial charge in [0.25, 0.3) is 5.91 Å². The number of amides is 1. The Labute approximate surface area is 164 Å². The second-order valence-electron chi connectivity index (χ2n) is 7.14. The summed E-state index contributed by atoms with van der Waals surface area (Å²) in [5.74, 6) is -0.0767. The quantitative estimate of drug-likeness (QED) is 0.573. The van der Waals surface area contributed by atoms with Gasteiger partial charge in [-0.15, -0.1) is 0 Å². The fourth-order valence-corrected chi connectivity index (χ4v) is 3.95. The van der Waals surface area contributed by atoms with Crippen LogP contribution >= 0.6 is 0 Å². The van der Waals surface area contributed by atoms with Gasteiger partial charge in [-0.3, -0.25) is 4.79 Å². The van der Waals surface area contributed by atoms with E-state index in [1.807, 2.05) is 54.6 Å². The Morgan fingerprint density at radius 1 is 0.893 bits per heavy atom. The zero-order chi connectivity index (χ0) is 18.9. The minimum absolute atomic E-state index is 0.0767. The summed E-state index contributed by atoms with van der Waals surface area (Å²) in [6.45, 7) is 1.02. The third-order valence-electron chi connectivity index (χ3n) is 5.30. The van der Waals surface area contributed by atoms with Gasteiger partial charge in [-0.2, -0.15) is 0 Å². The van der Waals surface area contributed by atoms with Crippen LogP contribution in [0.1, 0.15) is 23.1 Å². The molecule has 138 valence electrons. The van der Waals surface area contributed by atoms with Crippen molar-refractivity contribution in [2.75, 3.05) is 22.5 Å². The molecule has 2 aliphatic rings. The van der Waals surface area contributed by atoms with Crippen LogP contribution in [0, 0.1) is 0 Å². The molecule has 4 heteroatoms. The molecule has 0 aliphatic carbocycles. The SMILES string of the molecule is O=C1Nc2ccccc2C1=C(Nc1ccc2c(c1)CCCN2)c1ccccc1. The first kappa shape index (κ1) is 16.6. The van der Waals surface area contributed by atoms with Crippen molar-refractivity contribution in [2.45, 2.75) is 12.8 Å². The van der Waals surface area contributed by atoms with Crippen LogP contribution < -0.4 is 16.0 Å². The van der Waals surface area contributed by atoms with E-state index >= 15 is 0 Å². The minimum atomic E-state index is -0.0767. The summed E-state index contributed by atoms with van der Waals surface area (Å²) in [5.41, 5.74) is 7.78. The number of anilines is 3. The number of rotatable bonds is 3. The van der Waals surface area contributed by atoms with Crippen molar-refractivity contribution in [1.29, 1.82) is 0 Å². The number of benzene rings is 3. The number of carbonyl (C=O) groups excluding carboxylic acids is 1. The Balaban J connectivity index is 1.64. The largest absolute Gasteiger partial charge is 0.385 e. The maximum absolute atomic E-state index is 12.8. The maximum atomic E-state index is 12.8. The van der Waals surface area contributed by atoms with E-state index < -0.39 is 0 Å². The fraction of sp³-hybridized carbons (Fsp3) is 0.125. The summed E-state index contributed by atoms with van der Waals surface area (Å²) in [5, 5.41) is 9.98. The topological polar surface area (TPSA) is 53.2 Å². The van der Waals surface area contributed by atoms with Crippen LogP contribution in [-0.4, -0.2) is 12.5 Å². The molecule has 0 radical (unpaired) electrons. The van der Waals surface area contributed by atoms with Gasteiger partial charge >= 0.3 is 0 Å². The molecule has 3 N–H and O–H groups in total. The smallest absolute Gasteiger partial charge is 0.258 e. The van der Waals surface area contributed by atoms with E-state index in [1.165, 1.54) is 11.3 Å². The van der Waals surface area contributed by atoms with Crippen molar-refractivity contribution >= 4 is 34.2 Å². The highest BCUT2D eigenvalue weighted by Crippen LogP contribution is 2.37. The van der Waals surface area contributed by atoms with Crippen LogP contribution in [0.4, 0.5) is 17.1 Å². The Morgan fingerprint density at radius 3 is 2.61 bits per heavy atom. The van der Waals surface area contributed by atoms with E-state index in [0.29, 0.717) is 5.57 Å². The third-order valence-corrected chi connectivity index (χ3v) is 5.30. The molecule has 0 saturated carbocycles. The highest BCUT2D eigenvalue weighted by Gasteiger charge is 2.28. The second-order valence-corrected chi connectivity index (χ2v) is 7.14. The number of hydrogen-bond donors (Lipinski definition) is 3. The molecule has 0 aromatic heterocycles. The Bertz CT molecular complexity index is 1090. The molecule has 0 spiro atoms. The summed E-state index contributed by atoms with van der Waals surface area (Å²) in [4.78, 5) is 12.8. The second kappa shape index (κ2) is 6.89. The van der Waals surface area contributed by atoms with Crippen LogP contribution in [-0.2, 0) is 11.2 Å². The first-order chi connectivity index (χ1) is 13.8. The fourth-order valence-electron chi connectivity index (χ4n) is 3.95. The molecule has 2 heterocycles. The van der Waals surface area contributed by atoms with Crippen LogP contribution in [0.2, 0.25) is 0 Å². The lowest BCUT2D eigenvalue weighted by molar-refractivity contribution is -0.110. The van der Waals surface area contributed by atoms with Crippen molar-refractivity contribution < 1.29 is 4.79 Å². The van der Waals surface area contributed by atoms with Crippen LogP contribution in [0.15, 0.2) is 72.8 Å². The van der Waals surface area contributed by atoms with Crippen molar-refractivity contribution in [2.24, 2.45) is 0 Å². The summed E-state index contributed by atoms with van der Waals surface area (Å²) < 4.78 is 0. The van der Waals surface area contributed by atoms with Crippen molar-refractivity contribution in [3.63, 3.8) is 0 Å². The van der Waals surface area contributed by atoms with Gasteiger partial charge in [0.2, 0.25) is 0 Å². The molecule has 28 heavy (non-hydrogen) atoms. The Kier molecular flexibility index (Phi) is 4.09. The zero-order valence-corrected chi connectivity index (χ0v) is 15.5. The molecule has 1 amide bonds. The summed E-state index contributed by atoms with van der Waals surface area (Å²) in [6, 6.07) is 24.2. The molecule has 0 bridgehead atoms. The van der Waals surface area contributed by atoms with Crippen molar-refractivity contribution in [1.82, 2.24) is 0 Å². The van der Waals surface area contributed by atoms with E-state index in [9.17, 15) is 4.79 Å². The number of nitrogens with one attached hydrogen (secondary N) is 3. The molecular weight excluding hydrogens is 346 g/mol. The first-order valence-corrected chi connectivity index (χ1v) is 9.64. The number of hydrogen-bond acceptors (Lipinski definition) is 3. The molecular formula is C24H21N3O. The van der Waals surface area contributed by atoms with Crippen LogP contribution in [0.3, 0.4) is 0 Å². The van der Waals surface area contributed by atoms with Gasteiger partial charge in [-0.25, -0.2) is 0 Å². The highest BCUT2D eigenvalue weighted by molar-refractivity contribution is 6.37. The van der Waals surface area contributed by atoms with E-state index in [1.54, 1.807) is 0 Å². The lowest BCUT2D eigenvalue weighted by Crippen LogP contribution is -2.13. The molecule has 4 nitrogen and oxygen atoms in total. The molecule has 3 aromatic rings. The van der Waals surface area contributed by atoms with E-state index in [4.69, 9.17) is 0 Å². The zero-order valence-electron chi connectivity index (χ0n) is 15.5. The average molecular weight is 367 g/mol. The van der Waals surface area contributed by atoms with Gasteiger partial charge in [0, 0.05) is 29.2 Å². The van der Waals surface area contributed by atoms with E-state index in [0.717, 1.165) is 47.6 Å². The molecule has 3 aromatic carbocycles. The van der Waals surface area contributed by atoms with Crippen molar-refractivity contribution in [3.05, 3.63) is 89.5 Å². The first-order valence-electron chi connectivity index (χ1n) is 9.64. The van der Waals surface area contributed by atoms with Crippen LogP contribution in [0.25, 0.3) is 11.3 Å². The van der Waals surface area contributed by atoms with Gasteiger partial charge in [0.15, 0.2) is 0 Å². The molecule has 2 aliphatic heterocycles. The van der Waals surface area contributed by atoms with E-state index in [2.05, 4.69) is 34.1 Å². The highest BCUT2D eigenvalue weighted by atomic mass is 16.2. The monoisotopic (exact) mass is 367 g/mol. The molecule has 0 atom stereocenters. The molecule has 5 rings (SSSR count). The van der Waals surface area contributed by atoms with Gasteiger partial charge in [0.05, 0.1) is 11.3 Å². The number of carbonyl (C=O) groups is 1. The van der Waals surface area contributed by atoms with Gasteiger partial charge in [-0.05, 0) is 48.2 Å². The molecule has 0 fully saturated rings. The summed E-state index contributed by atoms with van der Waals surface area (Å²) in [6.07, 6.45) is 2.21. The predicted molar refractivity (Wildman–Crippen MR) is 115 cm³/mol. The average Bonchev–Trinajstić information content (AvgIpc) is 3.08. The number of para-hydroxylation sites is 1. The predicted octanol–water partition coefficient (Wildman–Crippen LogP) is 4.98. The maximum Gasteiger partial charge on any atom is 0.258 e. The molecule has 0 unspecified atom stereocenters. The Morgan fingerprint density at radius 2 is 1.71 bits per heavy atom. The normalized spacial score (nSPS) is 16.5. The number of fused-ring (bicyclic) bond motifs is 2. The van der Waals surface area contributed by atoms with Gasteiger partial charge in [-0.1, -0.05) is 48.5 Å². The standard InChI is InChI=1S/C24H21N3O/c28-24-22(19-10-4-5-11-21(19)27-24)23(16-7-2-1-3-8-16)26-18-12-13-20-17(15-18)9-6-14-25-20/h1-5,7-8,10-13,15,25-26H,6,9,14H2,(H,27,28). The summed E-state index contributed by atoms with van der Waals surface area (Å²) >= 11 is 0. The lowest BCUT2D eigenvalue weighted by atomic mass is 9.99. The summed E-state index contributed by atoms with van der Waals surface area (Å²) in [7, 11) is 0. The number of aryl methyl sites for hydroxylation is 1.